The smallest absolute Gasteiger partial charge is 0.303 e. The first-order valence-electron chi connectivity index (χ1n) is 10.8. The van der Waals surface area contributed by atoms with Gasteiger partial charge < -0.3 is 19.7 Å². The number of hydrogen-bond acceptors (Lipinski definition) is 3. The molecule has 2 aromatic carbocycles. The number of methoxy groups -OCH3 is 1. The predicted molar refractivity (Wildman–Crippen MR) is 118 cm³/mol. The number of benzene rings is 2. The van der Waals surface area contributed by atoms with Crippen molar-refractivity contribution >= 4 is 22.8 Å². The van der Waals surface area contributed by atoms with Crippen LogP contribution in [0.3, 0.4) is 0 Å². The summed E-state index contributed by atoms with van der Waals surface area (Å²) in [6, 6.07) is 13.8. The Balaban J connectivity index is 1.41. The highest BCUT2D eigenvalue weighted by Crippen LogP contribution is 2.53. The van der Waals surface area contributed by atoms with Gasteiger partial charge in [0.25, 0.3) is 5.91 Å². The lowest BCUT2D eigenvalue weighted by molar-refractivity contribution is -0.137. The number of H-pyrrole nitrogens is 1. The molecule has 1 aromatic heterocycles. The van der Waals surface area contributed by atoms with E-state index in [0.29, 0.717) is 13.1 Å². The van der Waals surface area contributed by atoms with E-state index < -0.39 is 5.97 Å². The normalized spacial score (nSPS) is 19.5. The Kier molecular flexibility index (Phi) is 4.73. The molecule has 1 spiro atoms. The van der Waals surface area contributed by atoms with Crippen molar-refractivity contribution in [1.29, 1.82) is 0 Å². The number of rotatable bonds is 4. The van der Waals surface area contributed by atoms with Crippen LogP contribution in [-0.2, 0) is 10.2 Å². The third-order valence-corrected chi connectivity index (χ3v) is 7.16. The molecular formula is C25H26N2O4. The van der Waals surface area contributed by atoms with Crippen LogP contribution >= 0.6 is 0 Å². The molecule has 2 aliphatic rings. The van der Waals surface area contributed by atoms with E-state index in [-0.39, 0.29) is 23.7 Å². The second kappa shape index (κ2) is 7.45. The molecule has 1 aliphatic heterocycles. The van der Waals surface area contributed by atoms with Gasteiger partial charge >= 0.3 is 5.97 Å². The molecule has 1 atom stereocenters. The van der Waals surface area contributed by atoms with Crippen molar-refractivity contribution in [1.82, 2.24) is 9.88 Å². The zero-order chi connectivity index (χ0) is 21.6. The highest BCUT2D eigenvalue weighted by Gasteiger charge is 2.46. The van der Waals surface area contributed by atoms with Gasteiger partial charge in [-0.25, -0.2) is 0 Å². The number of nitrogens with one attached hydrogen (secondary N) is 1. The fourth-order valence-electron chi connectivity index (χ4n) is 5.62. The van der Waals surface area contributed by atoms with Gasteiger partial charge in [0, 0.05) is 35.8 Å². The molecule has 2 N–H and O–H groups in total. The summed E-state index contributed by atoms with van der Waals surface area (Å²) in [6.45, 7) is 1.33. The van der Waals surface area contributed by atoms with E-state index in [1.54, 1.807) is 7.11 Å². The standard InChI is InChI=1S/C25H26N2O4/c1-31-17-5-6-18-16(13-23(28)29)15-25(21(18)14-17)8-11-27(12-9-25)24(30)20-3-2-4-22-19(20)7-10-26-22/h2-7,10,14,16,26H,8-9,11-13,15H2,1H3,(H,28,29). The van der Waals surface area contributed by atoms with Crippen LogP contribution in [0.2, 0.25) is 0 Å². The minimum atomic E-state index is -0.768. The maximum Gasteiger partial charge on any atom is 0.303 e. The van der Waals surface area contributed by atoms with Crippen molar-refractivity contribution in [2.45, 2.75) is 37.0 Å². The minimum Gasteiger partial charge on any atom is -0.497 e. The molecular weight excluding hydrogens is 392 g/mol. The van der Waals surface area contributed by atoms with E-state index in [1.807, 2.05) is 47.5 Å². The number of carboxylic acids is 1. The molecule has 1 unspecified atom stereocenters. The molecule has 6 heteroatoms. The molecule has 1 fully saturated rings. The highest BCUT2D eigenvalue weighted by atomic mass is 16.5. The van der Waals surface area contributed by atoms with Crippen molar-refractivity contribution in [3.05, 3.63) is 65.4 Å². The first-order chi connectivity index (χ1) is 15.0. The van der Waals surface area contributed by atoms with Crippen molar-refractivity contribution in [2.24, 2.45) is 0 Å². The minimum absolute atomic E-state index is 0.00858. The number of carboxylic acid groups (broad SMARTS) is 1. The number of carbonyl (C=O) groups is 2. The molecule has 0 saturated carbocycles. The van der Waals surface area contributed by atoms with Gasteiger partial charge in [0.15, 0.2) is 0 Å². The van der Waals surface area contributed by atoms with E-state index >= 15 is 0 Å². The highest BCUT2D eigenvalue weighted by molar-refractivity contribution is 6.06. The van der Waals surface area contributed by atoms with E-state index in [4.69, 9.17) is 4.74 Å². The summed E-state index contributed by atoms with van der Waals surface area (Å²) in [6.07, 6.45) is 4.48. The van der Waals surface area contributed by atoms with Crippen molar-refractivity contribution in [2.75, 3.05) is 20.2 Å². The summed E-state index contributed by atoms with van der Waals surface area (Å²) >= 11 is 0. The van der Waals surface area contributed by atoms with Crippen LogP contribution in [0.1, 0.15) is 53.1 Å². The van der Waals surface area contributed by atoms with Crippen LogP contribution in [0.4, 0.5) is 0 Å². The van der Waals surface area contributed by atoms with Gasteiger partial charge in [-0.1, -0.05) is 12.1 Å². The Morgan fingerprint density at radius 1 is 1.19 bits per heavy atom. The zero-order valence-electron chi connectivity index (χ0n) is 17.6. The van der Waals surface area contributed by atoms with Crippen molar-refractivity contribution in [3.8, 4) is 5.75 Å². The van der Waals surface area contributed by atoms with Gasteiger partial charge in [-0.15, -0.1) is 0 Å². The van der Waals surface area contributed by atoms with Crippen LogP contribution < -0.4 is 4.74 Å². The molecule has 1 aliphatic carbocycles. The van der Waals surface area contributed by atoms with Crippen LogP contribution in [0, 0.1) is 0 Å². The van der Waals surface area contributed by atoms with Crippen LogP contribution in [0.15, 0.2) is 48.7 Å². The summed E-state index contributed by atoms with van der Waals surface area (Å²) in [5.41, 5.74) is 3.93. The molecule has 160 valence electrons. The molecule has 5 rings (SSSR count). The maximum atomic E-state index is 13.3. The van der Waals surface area contributed by atoms with E-state index in [2.05, 4.69) is 11.1 Å². The van der Waals surface area contributed by atoms with Gasteiger partial charge in [-0.2, -0.15) is 0 Å². The number of fused-ring (bicyclic) bond motifs is 3. The zero-order valence-corrected chi connectivity index (χ0v) is 17.6. The number of carbonyl (C=O) groups excluding carboxylic acids is 1. The topological polar surface area (TPSA) is 82.6 Å². The van der Waals surface area contributed by atoms with E-state index in [0.717, 1.165) is 47.0 Å². The van der Waals surface area contributed by atoms with Crippen molar-refractivity contribution < 1.29 is 19.4 Å². The average molecular weight is 418 g/mol. The summed E-state index contributed by atoms with van der Waals surface area (Å²) < 4.78 is 5.46. The van der Waals surface area contributed by atoms with Gasteiger partial charge in [-0.3, -0.25) is 9.59 Å². The molecule has 2 heterocycles. The molecule has 3 aromatic rings. The number of hydrogen-bond donors (Lipinski definition) is 2. The molecule has 1 amide bonds. The van der Waals surface area contributed by atoms with Gasteiger partial charge in [-0.05, 0) is 72.1 Å². The second-order valence-corrected chi connectivity index (χ2v) is 8.77. The number of aliphatic carboxylic acids is 1. The van der Waals surface area contributed by atoms with E-state index in [1.165, 1.54) is 5.56 Å². The number of likely N-dealkylation sites (tertiary alicyclic amines) is 1. The van der Waals surface area contributed by atoms with E-state index in [9.17, 15) is 14.7 Å². The SMILES string of the molecule is COc1ccc2c(c1)C1(CCN(C(=O)c3cccc4[nH]ccc34)CC1)CC2CC(=O)O. The Morgan fingerprint density at radius 3 is 2.74 bits per heavy atom. The monoisotopic (exact) mass is 418 g/mol. The third kappa shape index (κ3) is 3.26. The van der Waals surface area contributed by atoms with Crippen LogP contribution in [-0.4, -0.2) is 47.1 Å². The molecule has 31 heavy (non-hydrogen) atoms. The lowest BCUT2D eigenvalue weighted by Gasteiger charge is -2.40. The first-order valence-corrected chi connectivity index (χ1v) is 10.8. The Morgan fingerprint density at radius 2 is 2.00 bits per heavy atom. The summed E-state index contributed by atoms with van der Waals surface area (Å²) in [7, 11) is 1.65. The number of amides is 1. The first kappa shape index (κ1) is 19.7. The number of piperidine rings is 1. The number of aromatic nitrogens is 1. The summed E-state index contributed by atoms with van der Waals surface area (Å²) in [5.74, 6) is 0.100. The van der Waals surface area contributed by atoms with Gasteiger partial charge in [0.1, 0.15) is 5.75 Å². The largest absolute Gasteiger partial charge is 0.497 e. The van der Waals surface area contributed by atoms with Gasteiger partial charge in [0.2, 0.25) is 0 Å². The van der Waals surface area contributed by atoms with Gasteiger partial charge in [0.05, 0.1) is 13.5 Å². The van der Waals surface area contributed by atoms with Crippen LogP contribution in [0.5, 0.6) is 5.75 Å². The fraction of sp³-hybridized carbons (Fsp3) is 0.360. The number of nitrogens with zero attached hydrogens (tertiary/aromatic N) is 1. The number of aromatic amines is 1. The third-order valence-electron chi connectivity index (χ3n) is 7.16. The lowest BCUT2D eigenvalue weighted by Crippen LogP contribution is -2.44. The fourth-order valence-corrected chi connectivity index (χ4v) is 5.62. The van der Waals surface area contributed by atoms with Crippen LogP contribution in [0.25, 0.3) is 10.9 Å². The second-order valence-electron chi connectivity index (χ2n) is 8.77. The summed E-state index contributed by atoms with van der Waals surface area (Å²) in [4.78, 5) is 29.9. The lowest BCUT2D eigenvalue weighted by atomic mass is 9.73. The van der Waals surface area contributed by atoms with Crippen molar-refractivity contribution in [3.63, 3.8) is 0 Å². The summed E-state index contributed by atoms with van der Waals surface area (Å²) in [5, 5.41) is 10.4. The molecule has 6 nitrogen and oxygen atoms in total. The quantitative estimate of drug-likeness (QED) is 0.661. The number of ether oxygens (including phenoxy) is 1. The maximum absolute atomic E-state index is 13.3. The predicted octanol–water partition coefficient (Wildman–Crippen LogP) is 4.31. The Bertz CT molecular complexity index is 1160. The molecule has 0 radical (unpaired) electrons. The molecule has 1 saturated heterocycles. The average Bonchev–Trinajstić information content (AvgIpc) is 3.36. The molecule has 0 bridgehead atoms. The Hall–Kier alpha value is -3.28. The Labute approximate surface area is 180 Å².